The second-order valence-corrected chi connectivity index (χ2v) is 6.28. The highest BCUT2D eigenvalue weighted by Crippen LogP contribution is 2.27. The number of halogens is 2. The van der Waals surface area contributed by atoms with Crippen LogP contribution in [0.2, 0.25) is 0 Å². The second kappa shape index (κ2) is 10.2. The zero-order chi connectivity index (χ0) is 14.8. The van der Waals surface area contributed by atoms with E-state index in [1.165, 1.54) is 44.6 Å². The van der Waals surface area contributed by atoms with Crippen LogP contribution in [0.15, 0.2) is 22.7 Å². The van der Waals surface area contributed by atoms with Crippen LogP contribution in [0.1, 0.15) is 65.2 Å². The molecule has 1 aromatic rings. The molecule has 1 N–H and O–H groups in total. The lowest BCUT2D eigenvalue weighted by Crippen LogP contribution is -2.20. The van der Waals surface area contributed by atoms with E-state index in [0.717, 1.165) is 17.3 Å². The maximum absolute atomic E-state index is 13.9. The van der Waals surface area contributed by atoms with Gasteiger partial charge in [-0.1, -0.05) is 58.4 Å². The Morgan fingerprint density at radius 3 is 2.15 bits per heavy atom. The van der Waals surface area contributed by atoms with Crippen molar-refractivity contribution >= 4 is 21.6 Å². The van der Waals surface area contributed by atoms with E-state index in [0.29, 0.717) is 11.7 Å². The molecule has 0 saturated carbocycles. The van der Waals surface area contributed by atoms with Gasteiger partial charge in [0.05, 0.1) is 5.69 Å². The van der Waals surface area contributed by atoms with Gasteiger partial charge in [0.2, 0.25) is 0 Å². The molecule has 0 heterocycles. The molecule has 1 aromatic carbocycles. The molecule has 0 aliphatic heterocycles. The van der Waals surface area contributed by atoms with Crippen LogP contribution in [0, 0.1) is 5.82 Å². The van der Waals surface area contributed by atoms with Gasteiger partial charge in [-0.3, -0.25) is 0 Å². The summed E-state index contributed by atoms with van der Waals surface area (Å²) in [5.74, 6) is -0.171. The maximum Gasteiger partial charge on any atom is 0.147 e. The lowest BCUT2D eigenvalue weighted by Gasteiger charge is -2.21. The molecule has 3 heteroatoms. The minimum atomic E-state index is -0.171. The fourth-order valence-corrected chi connectivity index (χ4v) is 2.87. The average Bonchev–Trinajstić information content (AvgIpc) is 2.43. The number of nitrogens with one attached hydrogen (secondary N) is 1. The van der Waals surface area contributed by atoms with Crippen molar-refractivity contribution in [3.63, 3.8) is 0 Å². The van der Waals surface area contributed by atoms with E-state index in [9.17, 15) is 4.39 Å². The molecule has 0 aliphatic rings. The fraction of sp³-hybridized carbons (Fsp3) is 0.647. The van der Waals surface area contributed by atoms with E-state index in [4.69, 9.17) is 0 Å². The predicted molar refractivity (Wildman–Crippen MR) is 89.8 cm³/mol. The van der Waals surface area contributed by atoms with Crippen molar-refractivity contribution in [2.24, 2.45) is 0 Å². The molecule has 0 unspecified atom stereocenters. The Bertz CT molecular complexity index is 351. The second-order valence-electron chi connectivity index (χ2n) is 5.43. The van der Waals surface area contributed by atoms with E-state index >= 15 is 0 Å². The Morgan fingerprint density at radius 2 is 1.65 bits per heavy atom. The zero-order valence-corrected chi connectivity index (χ0v) is 14.3. The molecule has 0 fully saturated rings. The summed E-state index contributed by atoms with van der Waals surface area (Å²) in [6, 6.07) is 5.51. The summed E-state index contributed by atoms with van der Waals surface area (Å²) in [6.45, 7) is 4.43. The molecule has 1 nitrogen and oxygen atoms in total. The summed E-state index contributed by atoms with van der Waals surface area (Å²) >= 11 is 3.44. The number of hydrogen-bond donors (Lipinski definition) is 1. The monoisotopic (exact) mass is 343 g/mol. The highest BCUT2D eigenvalue weighted by molar-refractivity contribution is 9.10. The highest BCUT2D eigenvalue weighted by atomic mass is 79.9. The van der Waals surface area contributed by atoms with Crippen LogP contribution in [0.4, 0.5) is 10.1 Å². The summed E-state index contributed by atoms with van der Waals surface area (Å²) in [5, 5.41) is 3.41. The van der Waals surface area contributed by atoms with Gasteiger partial charge in [-0.25, -0.2) is 4.39 Å². The first kappa shape index (κ1) is 17.5. The van der Waals surface area contributed by atoms with Crippen molar-refractivity contribution in [1.29, 1.82) is 0 Å². The van der Waals surface area contributed by atoms with Crippen molar-refractivity contribution in [3.8, 4) is 0 Å². The lowest BCUT2D eigenvalue weighted by atomic mass is 10.0. The molecule has 0 radical (unpaired) electrons. The van der Waals surface area contributed by atoms with Gasteiger partial charge in [-0.05, 0) is 40.9 Å². The standard InChI is InChI=1S/C17H27BrFN/c1-3-5-7-10-14(11-8-6-4-2)20-17-15(18)12-9-13-16(17)19/h9,12-14,20H,3-8,10-11H2,1-2H3. The van der Waals surface area contributed by atoms with Gasteiger partial charge in [0.1, 0.15) is 5.82 Å². The molecule has 0 atom stereocenters. The molecule has 0 aromatic heterocycles. The summed E-state index contributed by atoms with van der Waals surface area (Å²) in [6.07, 6.45) is 9.64. The molecule has 0 saturated heterocycles. The van der Waals surface area contributed by atoms with Crippen LogP contribution >= 0.6 is 15.9 Å². The van der Waals surface area contributed by atoms with E-state index in [1.807, 2.05) is 6.07 Å². The Labute approximate surface area is 131 Å². The highest BCUT2D eigenvalue weighted by Gasteiger charge is 2.13. The van der Waals surface area contributed by atoms with Crippen LogP contribution < -0.4 is 5.32 Å². The summed E-state index contributed by atoms with van der Waals surface area (Å²) in [5.41, 5.74) is 0.616. The first-order valence-electron chi connectivity index (χ1n) is 7.89. The smallest absolute Gasteiger partial charge is 0.147 e. The van der Waals surface area contributed by atoms with Crippen LogP contribution in [0.3, 0.4) is 0 Å². The van der Waals surface area contributed by atoms with Crippen LogP contribution in [0.25, 0.3) is 0 Å². The number of anilines is 1. The number of benzene rings is 1. The Morgan fingerprint density at radius 1 is 1.05 bits per heavy atom. The van der Waals surface area contributed by atoms with Crippen molar-refractivity contribution in [3.05, 3.63) is 28.5 Å². The van der Waals surface area contributed by atoms with Crippen LogP contribution in [-0.4, -0.2) is 6.04 Å². The SMILES string of the molecule is CCCCCC(CCCCC)Nc1c(F)cccc1Br. The molecule has 0 aliphatic carbocycles. The number of para-hydroxylation sites is 1. The van der Waals surface area contributed by atoms with Gasteiger partial charge >= 0.3 is 0 Å². The van der Waals surface area contributed by atoms with Crippen LogP contribution in [0.5, 0.6) is 0 Å². The third-order valence-electron chi connectivity index (χ3n) is 3.62. The lowest BCUT2D eigenvalue weighted by molar-refractivity contribution is 0.522. The predicted octanol–water partition coefficient (Wildman–Crippen LogP) is 6.53. The minimum absolute atomic E-state index is 0.171. The van der Waals surface area contributed by atoms with Gasteiger partial charge in [0.25, 0.3) is 0 Å². The number of rotatable bonds is 10. The molecule has 0 spiro atoms. The Kier molecular flexibility index (Phi) is 8.92. The van der Waals surface area contributed by atoms with E-state index in [-0.39, 0.29) is 5.82 Å². The normalized spacial score (nSPS) is 11.1. The van der Waals surface area contributed by atoms with E-state index in [1.54, 1.807) is 6.07 Å². The maximum atomic E-state index is 13.9. The van der Waals surface area contributed by atoms with Crippen LogP contribution in [-0.2, 0) is 0 Å². The third kappa shape index (κ3) is 6.25. The van der Waals surface area contributed by atoms with Gasteiger partial charge in [0, 0.05) is 10.5 Å². The zero-order valence-electron chi connectivity index (χ0n) is 12.7. The number of hydrogen-bond acceptors (Lipinski definition) is 1. The third-order valence-corrected chi connectivity index (χ3v) is 4.28. The molecule has 114 valence electrons. The van der Waals surface area contributed by atoms with Gasteiger partial charge in [0.15, 0.2) is 0 Å². The average molecular weight is 344 g/mol. The first-order chi connectivity index (χ1) is 9.69. The van der Waals surface area contributed by atoms with Gasteiger partial charge < -0.3 is 5.32 Å². The summed E-state index contributed by atoms with van der Waals surface area (Å²) in [7, 11) is 0. The molecular formula is C17H27BrFN. The fourth-order valence-electron chi connectivity index (χ4n) is 2.41. The number of unbranched alkanes of at least 4 members (excludes halogenated alkanes) is 4. The molecule has 1 rings (SSSR count). The first-order valence-corrected chi connectivity index (χ1v) is 8.68. The van der Waals surface area contributed by atoms with Crippen molar-refractivity contribution in [2.45, 2.75) is 71.3 Å². The Balaban J connectivity index is 2.61. The molecular weight excluding hydrogens is 317 g/mol. The van der Waals surface area contributed by atoms with Gasteiger partial charge in [-0.15, -0.1) is 0 Å². The van der Waals surface area contributed by atoms with Gasteiger partial charge in [-0.2, -0.15) is 0 Å². The Hall–Kier alpha value is -0.570. The molecule has 20 heavy (non-hydrogen) atoms. The van der Waals surface area contributed by atoms with Crippen molar-refractivity contribution < 1.29 is 4.39 Å². The van der Waals surface area contributed by atoms with Crippen molar-refractivity contribution in [2.75, 3.05) is 5.32 Å². The summed E-state index contributed by atoms with van der Waals surface area (Å²) < 4.78 is 14.7. The molecule has 0 amide bonds. The largest absolute Gasteiger partial charge is 0.379 e. The molecule has 0 bridgehead atoms. The topological polar surface area (TPSA) is 12.0 Å². The van der Waals surface area contributed by atoms with Crippen molar-refractivity contribution in [1.82, 2.24) is 0 Å². The van der Waals surface area contributed by atoms with E-state index in [2.05, 4.69) is 35.1 Å². The quantitative estimate of drug-likeness (QED) is 0.476. The van der Waals surface area contributed by atoms with E-state index < -0.39 is 0 Å². The minimum Gasteiger partial charge on any atom is -0.379 e. The summed E-state index contributed by atoms with van der Waals surface area (Å²) in [4.78, 5) is 0.